The number of carbonyl (C=O) groups is 2. The minimum atomic E-state index is -0.952. The van der Waals surface area contributed by atoms with Crippen LogP contribution in [0.1, 0.15) is 39.5 Å². The summed E-state index contributed by atoms with van der Waals surface area (Å²) in [5, 5.41) is 8.72. The molecule has 5 nitrogen and oxygen atoms in total. The highest BCUT2D eigenvalue weighted by Crippen LogP contribution is 2.27. The Morgan fingerprint density at radius 3 is 2.38 bits per heavy atom. The molecule has 0 aromatic carbocycles. The maximum Gasteiger partial charge on any atom is 0.323 e. The first-order chi connectivity index (χ1) is 7.29. The zero-order valence-electron chi connectivity index (χ0n) is 9.90. The number of nitrogens with two attached hydrogens (primary N) is 1. The Bertz CT molecular complexity index is 279. The fraction of sp³-hybridized carbons (Fsp3) is 0.818. The standard InChI is InChI=1S/C11H20N2O3/c1-11(2,12)6-5-9(14)13(7-10(15)16)8-3-4-8/h8H,3-7,12H2,1-2H3,(H,15,16). The van der Waals surface area contributed by atoms with Crippen LogP contribution in [-0.4, -0.2) is 40.0 Å². The predicted molar refractivity (Wildman–Crippen MR) is 59.9 cm³/mol. The lowest BCUT2D eigenvalue weighted by Gasteiger charge is -2.23. The van der Waals surface area contributed by atoms with Crippen LogP contribution in [0.2, 0.25) is 0 Å². The van der Waals surface area contributed by atoms with Gasteiger partial charge in [0.1, 0.15) is 6.54 Å². The third-order valence-corrected chi connectivity index (χ3v) is 2.60. The summed E-state index contributed by atoms with van der Waals surface area (Å²) >= 11 is 0. The summed E-state index contributed by atoms with van der Waals surface area (Å²) in [7, 11) is 0. The molecule has 5 heteroatoms. The second kappa shape index (κ2) is 4.82. The normalized spacial score (nSPS) is 15.9. The Morgan fingerprint density at radius 2 is 2.00 bits per heavy atom. The minimum absolute atomic E-state index is 0.0941. The fourth-order valence-electron chi connectivity index (χ4n) is 1.53. The largest absolute Gasteiger partial charge is 0.480 e. The number of rotatable bonds is 6. The topological polar surface area (TPSA) is 83.6 Å². The van der Waals surface area contributed by atoms with E-state index < -0.39 is 5.97 Å². The van der Waals surface area contributed by atoms with Crippen LogP contribution < -0.4 is 5.73 Å². The van der Waals surface area contributed by atoms with Gasteiger partial charge < -0.3 is 15.7 Å². The lowest BCUT2D eigenvalue weighted by Crippen LogP contribution is -2.39. The molecule has 0 bridgehead atoms. The van der Waals surface area contributed by atoms with Crippen molar-refractivity contribution in [3.8, 4) is 0 Å². The van der Waals surface area contributed by atoms with Gasteiger partial charge in [-0.05, 0) is 33.1 Å². The molecule has 0 aromatic heterocycles. The molecule has 0 spiro atoms. The Balaban J connectivity index is 2.44. The highest BCUT2D eigenvalue weighted by atomic mass is 16.4. The molecule has 1 aliphatic carbocycles. The average molecular weight is 228 g/mol. The van der Waals surface area contributed by atoms with Gasteiger partial charge in [0.2, 0.25) is 5.91 Å². The third kappa shape index (κ3) is 4.61. The van der Waals surface area contributed by atoms with E-state index in [-0.39, 0.29) is 24.0 Å². The molecule has 0 atom stereocenters. The molecule has 0 heterocycles. The second-order valence-corrected chi connectivity index (χ2v) is 5.14. The third-order valence-electron chi connectivity index (χ3n) is 2.60. The van der Waals surface area contributed by atoms with E-state index in [0.717, 1.165) is 12.8 Å². The summed E-state index contributed by atoms with van der Waals surface area (Å²) in [6.07, 6.45) is 2.75. The van der Waals surface area contributed by atoms with Crippen molar-refractivity contribution in [3.63, 3.8) is 0 Å². The van der Waals surface area contributed by atoms with Crippen molar-refractivity contribution in [2.45, 2.75) is 51.1 Å². The number of carbonyl (C=O) groups excluding carboxylic acids is 1. The summed E-state index contributed by atoms with van der Waals surface area (Å²) in [6, 6.07) is 0.143. The molecule has 16 heavy (non-hydrogen) atoms. The van der Waals surface area contributed by atoms with Crippen LogP contribution in [0.5, 0.6) is 0 Å². The fourth-order valence-corrected chi connectivity index (χ4v) is 1.53. The zero-order valence-corrected chi connectivity index (χ0v) is 9.90. The van der Waals surface area contributed by atoms with Gasteiger partial charge in [0.25, 0.3) is 0 Å². The van der Waals surface area contributed by atoms with Gasteiger partial charge in [-0.2, -0.15) is 0 Å². The van der Waals surface area contributed by atoms with Crippen molar-refractivity contribution in [2.24, 2.45) is 5.73 Å². The summed E-state index contributed by atoms with van der Waals surface area (Å²) in [4.78, 5) is 23.9. The highest BCUT2D eigenvalue weighted by molar-refractivity contribution is 5.82. The Kier molecular flexibility index (Phi) is 3.91. The summed E-state index contributed by atoms with van der Waals surface area (Å²) in [5.74, 6) is -1.05. The van der Waals surface area contributed by atoms with Crippen LogP contribution in [0.15, 0.2) is 0 Å². The first kappa shape index (κ1) is 13.0. The van der Waals surface area contributed by atoms with Gasteiger partial charge in [-0.3, -0.25) is 9.59 Å². The number of hydrogen-bond donors (Lipinski definition) is 2. The van der Waals surface area contributed by atoms with E-state index in [9.17, 15) is 9.59 Å². The van der Waals surface area contributed by atoms with Crippen LogP contribution in [0.25, 0.3) is 0 Å². The van der Waals surface area contributed by atoms with Crippen LogP contribution in [0, 0.1) is 0 Å². The molecule has 0 saturated heterocycles. The van der Waals surface area contributed by atoms with Crippen molar-refractivity contribution >= 4 is 11.9 Å². The Hall–Kier alpha value is -1.10. The van der Waals surface area contributed by atoms with E-state index in [1.807, 2.05) is 13.8 Å². The maximum absolute atomic E-state index is 11.8. The van der Waals surface area contributed by atoms with Gasteiger partial charge in [0.05, 0.1) is 0 Å². The van der Waals surface area contributed by atoms with E-state index in [1.54, 1.807) is 0 Å². The van der Waals surface area contributed by atoms with Crippen molar-refractivity contribution in [3.05, 3.63) is 0 Å². The van der Waals surface area contributed by atoms with Gasteiger partial charge in [-0.15, -0.1) is 0 Å². The molecule has 0 radical (unpaired) electrons. The minimum Gasteiger partial charge on any atom is -0.480 e. The van der Waals surface area contributed by atoms with E-state index in [2.05, 4.69) is 0 Å². The van der Waals surface area contributed by atoms with Gasteiger partial charge in [-0.25, -0.2) is 0 Å². The smallest absolute Gasteiger partial charge is 0.323 e. The zero-order chi connectivity index (χ0) is 12.3. The Labute approximate surface area is 95.6 Å². The quantitative estimate of drug-likeness (QED) is 0.696. The molecule has 1 amide bonds. The number of nitrogens with zero attached hydrogens (tertiary/aromatic N) is 1. The highest BCUT2D eigenvalue weighted by Gasteiger charge is 2.33. The van der Waals surface area contributed by atoms with E-state index in [0.29, 0.717) is 12.8 Å². The Morgan fingerprint density at radius 1 is 1.44 bits per heavy atom. The average Bonchev–Trinajstić information content (AvgIpc) is 2.92. The summed E-state index contributed by atoms with van der Waals surface area (Å²) in [5.41, 5.74) is 5.41. The SMILES string of the molecule is CC(C)(N)CCC(=O)N(CC(=O)O)C1CC1. The van der Waals surface area contributed by atoms with Crippen LogP contribution in [-0.2, 0) is 9.59 Å². The van der Waals surface area contributed by atoms with Crippen LogP contribution in [0.3, 0.4) is 0 Å². The first-order valence-corrected chi connectivity index (χ1v) is 5.60. The van der Waals surface area contributed by atoms with Crippen LogP contribution >= 0.6 is 0 Å². The van der Waals surface area contributed by atoms with Gasteiger partial charge >= 0.3 is 5.97 Å². The van der Waals surface area contributed by atoms with Crippen LogP contribution in [0.4, 0.5) is 0 Å². The number of hydrogen-bond acceptors (Lipinski definition) is 3. The van der Waals surface area contributed by atoms with Crippen molar-refractivity contribution in [1.29, 1.82) is 0 Å². The molecule has 1 saturated carbocycles. The second-order valence-electron chi connectivity index (χ2n) is 5.14. The molecule has 1 fully saturated rings. The number of carboxylic acid groups (broad SMARTS) is 1. The van der Waals surface area contributed by atoms with Crippen molar-refractivity contribution < 1.29 is 14.7 Å². The number of amides is 1. The lowest BCUT2D eigenvalue weighted by atomic mass is 10.00. The molecule has 1 aliphatic rings. The summed E-state index contributed by atoms with van der Waals surface area (Å²) < 4.78 is 0. The molecule has 0 unspecified atom stereocenters. The van der Waals surface area contributed by atoms with Crippen molar-refractivity contribution in [2.75, 3.05) is 6.54 Å². The van der Waals surface area contributed by atoms with Gasteiger partial charge in [0, 0.05) is 18.0 Å². The molecular formula is C11H20N2O3. The predicted octanol–water partition coefficient (Wildman–Crippen LogP) is 0.580. The number of aliphatic carboxylic acids is 1. The van der Waals surface area contributed by atoms with Gasteiger partial charge in [-0.1, -0.05) is 0 Å². The van der Waals surface area contributed by atoms with E-state index in [4.69, 9.17) is 10.8 Å². The summed E-state index contributed by atoms with van der Waals surface area (Å²) in [6.45, 7) is 3.53. The molecular weight excluding hydrogens is 208 g/mol. The molecule has 3 N–H and O–H groups in total. The van der Waals surface area contributed by atoms with Crippen molar-refractivity contribution in [1.82, 2.24) is 4.90 Å². The van der Waals surface area contributed by atoms with Gasteiger partial charge in [0.15, 0.2) is 0 Å². The van der Waals surface area contributed by atoms with E-state index >= 15 is 0 Å². The number of carboxylic acids is 1. The maximum atomic E-state index is 11.8. The molecule has 0 aromatic rings. The first-order valence-electron chi connectivity index (χ1n) is 5.60. The molecule has 92 valence electrons. The monoisotopic (exact) mass is 228 g/mol. The molecule has 0 aliphatic heterocycles. The molecule has 1 rings (SSSR count). The lowest BCUT2D eigenvalue weighted by molar-refractivity contribution is -0.145. The van der Waals surface area contributed by atoms with E-state index in [1.165, 1.54) is 4.90 Å².